The van der Waals surface area contributed by atoms with Crippen molar-refractivity contribution in [3.8, 4) is 11.1 Å². The smallest absolute Gasteiger partial charge is 0.227 e. The summed E-state index contributed by atoms with van der Waals surface area (Å²) in [6.07, 6.45) is 3.67. The van der Waals surface area contributed by atoms with Crippen molar-refractivity contribution in [1.82, 2.24) is 4.90 Å². The van der Waals surface area contributed by atoms with Crippen molar-refractivity contribution in [1.29, 1.82) is 0 Å². The Morgan fingerprint density at radius 2 is 1.84 bits per heavy atom. The standard InChI is InChI=1S/C21H22N2OS/c24-21(23-13-4-7-20(23)19-12-14-25-22-19)15-16-8-10-18(11-9-16)17-5-2-1-3-6-17/h1-3,5-6,8-11,20H,4,7,12-15H2. The number of likely N-dealkylation sites (tertiary alicyclic amines) is 1. The molecule has 0 aromatic heterocycles. The number of rotatable bonds is 4. The van der Waals surface area contributed by atoms with E-state index < -0.39 is 0 Å². The molecule has 128 valence electrons. The van der Waals surface area contributed by atoms with E-state index in [0.717, 1.165) is 37.1 Å². The van der Waals surface area contributed by atoms with Gasteiger partial charge in [-0.2, -0.15) is 0 Å². The molecule has 0 saturated carbocycles. The van der Waals surface area contributed by atoms with Gasteiger partial charge in [0, 0.05) is 18.0 Å². The van der Waals surface area contributed by atoms with Gasteiger partial charge in [-0.3, -0.25) is 4.79 Å². The van der Waals surface area contributed by atoms with E-state index in [1.165, 1.54) is 16.8 Å². The first-order valence-electron chi connectivity index (χ1n) is 8.94. The van der Waals surface area contributed by atoms with E-state index in [1.54, 1.807) is 11.9 Å². The predicted molar refractivity (Wildman–Crippen MR) is 105 cm³/mol. The van der Waals surface area contributed by atoms with Crippen molar-refractivity contribution in [3.05, 3.63) is 60.2 Å². The lowest BCUT2D eigenvalue weighted by atomic mass is 10.0. The Bertz CT molecular complexity index is 770. The molecule has 1 saturated heterocycles. The van der Waals surface area contributed by atoms with Crippen molar-refractivity contribution < 1.29 is 4.79 Å². The average Bonchev–Trinajstić information content (AvgIpc) is 3.34. The van der Waals surface area contributed by atoms with Gasteiger partial charge < -0.3 is 4.90 Å². The number of carbonyl (C=O) groups is 1. The topological polar surface area (TPSA) is 32.7 Å². The molecule has 1 amide bonds. The molecule has 2 aromatic rings. The second-order valence-electron chi connectivity index (χ2n) is 6.65. The Morgan fingerprint density at radius 3 is 2.56 bits per heavy atom. The second-order valence-corrected chi connectivity index (χ2v) is 7.50. The van der Waals surface area contributed by atoms with Crippen molar-refractivity contribution >= 4 is 23.6 Å². The van der Waals surface area contributed by atoms with Gasteiger partial charge in [0.25, 0.3) is 0 Å². The van der Waals surface area contributed by atoms with Crippen LogP contribution in [0.15, 0.2) is 59.0 Å². The molecule has 2 aliphatic heterocycles. The Kier molecular flexibility index (Phi) is 4.88. The summed E-state index contributed by atoms with van der Waals surface area (Å²) in [7, 11) is 0. The van der Waals surface area contributed by atoms with E-state index in [1.807, 2.05) is 18.2 Å². The van der Waals surface area contributed by atoms with E-state index in [-0.39, 0.29) is 11.9 Å². The highest BCUT2D eigenvalue weighted by Gasteiger charge is 2.33. The van der Waals surface area contributed by atoms with E-state index in [2.05, 4.69) is 45.7 Å². The Labute approximate surface area is 153 Å². The van der Waals surface area contributed by atoms with Crippen LogP contribution >= 0.6 is 11.9 Å². The molecular weight excluding hydrogens is 328 g/mol. The van der Waals surface area contributed by atoms with Gasteiger partial charge in [0.1, 0.15) is 0 Å². The molecule has 0 N–H and O–H groups in total. The molecule has 4 rings (SSSR count). The lowest BCUT2D eigenvalue weighted by Crippen LogP contribution is -2.40. The van der Waals surface area contributed by atoms with Crippen LogP contribution in [0.1, 0.15) is 24.8 Å². The molecule has 0 radical (unpaired) electrons. The van der Waals surface area contributed by atoms with Gasteiger partial charge in [-0.1, -0.05) is 54.6 Å². The van der Waals surface area contributed by atoms with Crippen molar-refractivity contribution in [3.63, 3.8) is 0 Å². The number of hydrogen-bond acceptors (Lipinski definition) is 3. The van der Waals surface area contributed by atoms with Gasteiger partial charge in [0.2, 0.25) is 5.91 Å². The van der Waals surface area contributed by atoms with E-state index in [0.29, 0.717) is 6.42 Å². The van der Waals surface area contributed by atoms with Gasteiger partial charge in [-0.25, -0.2) is 4.40 Å². The largest absolute Gasteiger partial charge is 0.334 e. The van der Waals surface area contributed by atoms with Crippen molar-refractivity contribution in [2.24, 2.45) is 4.40 Å². The zero-order valence-corrected chi connectivity index (χ0v) is 15.0. The number of amides is 1. The van der Waals surface area contributed by atoms with E-state index in [4.69, 9.17) is 0 Å². The highest BCUT2D eigenvalue weighted by Crippen LogP contribution is 2.27. The fourth-order valence-electron chi connectivity index (χ4n) is 3.69. The lowest BCUT2D eigenvalue weighted by molar-refractivity contribution is -0.130. The summed E-state index contributed by atoms with van der Waals surface area (Å²) in [6, 6.07) is 18.9. The minimum absolute atomic E-state index is 0.231. The van der Waals surface area contributed by atoms with Crippen LogP contribution in [0.25, 0.3) is 11.1 Å². The van der Waals surface area contributed by atoms with Gasteiger partial charge >= 0.3 is 0 Å². The third-order valence-electron chi connectivity index (χ3n) is 5.01. The summed E-state index contributed by atoms with van der Waals surface area (Å²) in [5.41, 5.74) is 4.69. The van der Waals surface area contributed by atoms with E-state index >= 15 is 0 Å². The lowest BCUT2D eigenvalue weighted by Gasteiger charge is -2.24. The Balaban J connectivity index is 1.44. The molecule has 0 aliphatic carbocycles. The Morgan fingerprint density at radius 1 is 1.08 bits per heavy atom. The van der Waals surface area contributed by atoms with Crippen LogP contribution in [-0.2, 0) is 11.2 Å². The van der Waals surface area contributed by atoms with Crippen LogP contribution in [0, 0.1) is 0 Å². The van der Waals surface area contributed by atoms with Crippen LogP contribution < -0.4 is 0 Å². The second kappa shape index (κ2) is 7.44. The number of nitrogens with zero attached hydrogens (tertiary/aromatic N) is 2. The molecule has 2 aliphatic rings. The molecule has 1 unspecified atom stereocenters. The summed E-state index contributed by atoms with van der Waals surface area (Å²) >= 11 is 1.64. The highest BCUT2D eigenvalue weighted by molar-refractivity contribution is 7.98. The summed E-state index contributed by atoms with van der Waals surface area (Å²) in [5, 5.41) is 0. The molecule has 25 heavy (non-hydrogen) atoms. The first-order chi connectivity index (χ1) is 12.3. The molecule has 2 aromatic carbocycles. The molecule has 1 fully saturated rings. The van der Waals surface area contributed by atoms with Crippen LogP contribution in [0.3, 0.4) is 0 Å². The SMILES string of the molecule is O=C(Cc1ccc(-c2ccccc2)cc1)N1CCCC1C1=NSCC1. The molecule has 0 spiro atoms. The number of hydrogen-bond donors (Lipinski definition) is 0. The third-order valence-corrected chi connectivity index (χ3v) is 5.76. The number of benzene rings is 2. The molecule has 0 bridgehead atoms. The maximum atomic E-state index is 12.8. The van der Waals surface area contributed by atoms with Gasteiger partial charge in [-0.15, -0.1) is 0 Å². The van der Waals surface area contributed by atoms with Crippen LogP contribution in [0.5, 0.6) is 0 Å². The van der Waals surface area contributed by atoms with Crippen LogP contribution in [-0.4, -0.2) is 34.9 Å². The summed E-state index contributed by atoms with van der Waals surface area (Å²) in [4.78, 5) is 14.9. The summed E-state index contributed by atoms with van der Waals surface area (Å²) in [5.74, 6) is 1.30. The first kappa shape index (κ1) is 16.4. The normalized spacial score (nSPS) is 19.9. The van der Waals surface area contributed by atoms with Crippen LogP contribution in [0.4, 0.5) is 0 Å². The summed E-state index contributed by atoms with van der Waals surface area (Å²) < 4.78 is 4.54. The van der Waals surface area contributed by atoms with Crippen molar-refractivity contribution in [2.45, 2.75) is 31.7 Å². The molecular formula is C21H22N2OS. The minimum atomic E-state index is 0.231. The first-order valence-corrected chi connectivity index (χ1v) is 9.88. The quantitative estimate of drug-likeness (QED) is 0.767. The number of carbonyl (C=O) groups excluding carboxylic acids is 1. The summed E-state index contributed by atoms with van der Waals surface area (Å²) in [6.45, 7) is 0.870. The van der Waals surface area contributed by atoms with E-state index in [9.17, 15) is 4.79 Å². The van der Waals surface area contributed by atoms with Gasteiger partial charge in [0.05, 0.1) is 12.5 Å². The third kappa shape index (κ3) is 3.64. The highest BCUT2D eigenvalue weighted by atomic mass is 32.2. The fraction of sp³-hybridized carbons (Fsp3) is 0.333. The van der Waals surface area contributed by atoms with Crippen molar-refractivity contribution in [2.75, 3.05) is 12.3 Å². The average molecular weight is 350 g/mol. The fourth-order valence-corrected chi connectivity index (χ4v) is 4.46. The van der Waals surface area contributed by atoms with Gasteiger partial charge in [0.15, 0.2) is 0 Å². The minimum Gasteiger partial charge on any atom is -0.334 e. The van der Waals surface area contributed by atoms with Crippen LogP contribution in [0.2, 0.25) is 0 Å². The zero-order valence-electron chi connectivity index (χ0n) is 14.2. The Hall–Kier alpha value is -2.07. The zero-order chi connectivity index (χ0) is 17.1. The maximum Gasteiger partial charge on any atom is 0.227 e. The van der Waals surface area contributed by atoms with Gasteiger partial charge in [-0.05, 0) is 47.9 Å². The predicted octanol–water partition coefficient (Wildman–Crippen LogP) is 4.38. The molecule has 1 atom stereocenters. The maximum absolute atomic E-state index is 12.8. The molecule has 3 nitrogen and oxygen atoms in total. The molecule has 2 heterocycles. The molecule has 4 heteroatoms. The monoisotopic (exact) mass is 350 g/mol.